The highest BCUT2D eigenvalue weighted by atomic mass is 16.6. The first kappa shape index (κ1) is 20.6. The first-order valence-electron chi connectivity index (χ1n) is 7.43. The summed E-state index contributed by atoms with van der Waals surface area (Å²) in [6.07, 6.45) is -1.30. The molecule has 1 rings (SSSR count). The molecule has 23 heavy (non-hydrogen) atoms. The van der Waals surface area contributed by atoms with E-state index in [2.05, 4.69) is 5.32 Å². The van der Waals surface area contributed by atoms with E-state index in [1.807, 2.05) is 27.7 Å². The summed E-state index contributed by atoms with van der Waals surface area (Å²) in [6, 6.07) is 6.74. The first-order valence-corrected chi connectivity index (χ1v) is 7.43. The molecule has 0 saturated heterocycles. The molecule has 2 amide bonds. The van der Waals surface area contributed by atoms with Crippen LogP contribution in [0, 0.1) is 0 Å². The molecule has 0 spiro atoms. The summed E-state index contributed by atoms with van der Waals surface area (Å²) in [6.45, 7) is 10.2. The largest absolute Gasteiger partial charge is 0.465 e. The number of hydrogen-bond acceptors (Lipinski definition) is 4. The number of carbonyl (C=O) groups is 2. The van der Waals surface area contributed by atoms with Crippen molar-refractivity contribution in [3.8, 4) is 0 Å². The van der Waals surface area contributed by atoms with Crippen LogP contribution < -0.4 is 16.0 Å². The molecule has 0 bridgehead atoms. The number of hydrogen-bond donors (Lipinski definition) is 3. The Morgan fingerprint density at radius 1 is 1.22 bits per heavy atom. The number of nitrogens with one attached hydrogen (secondary N) is 1. The fraction of sp³-hybridized carbons (Fsp3) is 0.500. The molecule has 0 aliphatic heterocycles. The summed E-state index contributed by atoms with van der Waals surface area (Å²) in [7, 11) is 0. The maximum Gasteiger partial charge on any atom is 0.411 e. The molecule has 0 aliphatic carbocycles. The number of amides is 2. The van der Waals surface area contributed by atoms with E-state index in [1.165, 1.54) is 4.90 Å². The van der Waals surface area contributed by atoms with Crippen molar-refractivity contribution < 1.29 is 19.4 Å². The number of benzene rings is 1. The van der Waals surface area contributed by atoms with E-state index < -0.39 is 6.09 Å². The zero-order chi connectivity index (χ0) is 18.0. The second-order valence-corrected chi connectivity index (χ2v) is 5.65. The minimum atomic E-state index is -0.952. The highest BCUT2D eigenvalue weighted by Crippen LogP contribution is 2.15. The van der Waals surface area contributed by atoms with Gasteiger partial charge in [0.15, 0.2) is 0 Å². The highest BCUT2D eigenvalue weighted by molar-refractivity contribution is 5.86. The van der Waals surface area contributed by atoms with Crippen LogP contribution in [0.1, 0.15) is 34.6 Å². The fourth-order valence-corrected chi connectivity index (χ4v) is 1.54. The van der Waals surface area contributed by atoms with Crippen molar-refractivity contribution >= 4 is 23.6 Å². The van der Waals surface area contributed by atoms with E-state index in [4.69, 9.17) is 15.6 Å². The molecule has 0 saturated carbocycles. The topological polar surface area (TPSA) is 105 Å². The number of ether oxygens (including phenoxy) is 1. The molecule has 7 heteroatoms. The van der Waals surface area contributed by atoms with E-state index in [1.54, 1.807) is 31.2 Å². The van der Waals surface area contributed by atoms with E-state index in [-0.39, 0.29) is 11.7 Å². The molecular weight excluding hydrogens is 298 g/mol. The van der Waals surface area contributed by atoms with Crippen molar-refractivity contribution in [2.45, 2.75) is 40.2 Å². The third-order valence-electron chi connectivity index (χ3n) is 2.47. The minimum absolute atomic E-state index is 0.352. The molecule has 1 aromatic carbocycles. The van der Waals surface area contributed by atoms with Crippen molar-refractivity contribution in [3.05, 3.63) is 24.3 Å². The number of nitrogens with zero attached hydrogens (tertiary/aromatic N) is 1. The number of anilines is 2. The normalized spacial score (nSPS) is 10.1. The molecule has 0 unspecified atom stereocenters. The second kappa shape index (κ2) is 9.55. The van der Waals surface area contributed by atoms with Crippen LogP contribution in [0.5, 0.6) is 0 Å². The third kappa shape index (κ3) is 9.23. The van der Waals surface area contributed by atoms with E-state index in [0.29, 0.717) is 24.5 Å². The second-order valence-electron chi connectivity index (χ2n) is 5.65. The van der Waals surface area contributed by atoms with Gasteiger partial charge in [-0.15, -0.1) is 0 Å². The third-order valence-corrected chi connectivity index (χ3v) is 2.47. The van der Waals surface area contributed by atoms with Crippen molar-refractivity contribution in [2.75, 3.05) is 23.7 Å². The smallest absolute Gasteiger partial charge is 0.411 e. The monoisotopic (exact) mass is 325 g/mol. The quantitative estimate of drug-likeness (QED) is 0.739. The van der Waals surface area contributed by atoms with Crippen LogP contribution in [0.3, 0.4) is 0 Å². The van der Waals surface area contributed by atoms with Gasteiger partial charge in [-0.05, 0) is 58.9 Å². The van der Waals surface area contributed by atoms with Gasteiger partial charge in [0, 0.05) is 24.5 Å². The van der Waals surface area contributed by atoms with Gasteiger partial charge in [0.25, 0.3) is 0 Å². The van der Waals surface area contributed by atoms with Crippen LogP contribution in [0.2, 0.25) is 0 Å². The van der Waals surface area contributed by atoms with E-state index >= 15 is 0 Å². The molecule has 130 valence electrons. The summed E-state index contributed by atoms with van der Waals surface area (Å²) in [5.41, 5.74) is 6.36. The Kier molecular flexibility index (Phi) is 8.54. The predicted molar refractivity (Wildman–Crippen MR) is 91.8 cm³/mol. The molecule has 0 radical (unpaired) electrons. The van der Waals surface area contributed by atoms with Gasteiger partial charge >= 0.3 is 12.2 Å². The molecule has 4 N–H and O–H groups in total. The summed E-state index contributed by atoms with van der Waals surface area (Å²) < 4.78 is 4.93. The summed E-state index contributed by atoms with van der Waals surface area (Å²) in [5, 5.41) is 11.3. The number of nitrogen functional groups attached to an aromatic ring is 1. The van der Waals surface area contributed by atoms with Crippen molar-refractivity contribution in [3.63, 3.8) is 0 Å². The lowest BCUT2D eigenvalue weighted by atomic mass is 10.2. The van der Waals surface area contributed by atoms with Crippen LogP contribution in [0.15, 0.2) is 24.3 Å². The zero-order valence-electron chi connectivity index (χ0n) is 14.4. The van der Waals surface area contributed by atoms with Crippen LogP contribution in [-0.4, -0.2) is 36.0 Å². The van der Waals surface area contributed by atoms with Crippen LogP contribution in [0.4, 0.5) is 21.0 Å². The average molecular weight is 325 g/mol. The molecular formula is C16H27N3O4. The molecule has 1 aromatic rings. The number of alkyl carbamates (subject to hydrolysis) is 1. The maximum atomic E-state index is 10.7. The highest BCUT2D eigenvalue weighted by Gasteiger charge is 2.14. The SMILES string of the molecule is CCN(C(=O)O)c1ccc(N)cc1.CCNC(=O)OC(C)(C)C. The summed E-state index contributed by atoms with van der Waals surface area (Å²) in [5.74, 6) is 0. The Balaban J connectivity index is 0.000000438. The van der Waals surface area contributed by atoms with Gasteiger partial charge in [-0.1, -0.05) is 0 Å². The van der Waals surface area contributed by atoms with Gasteiger partial charge in [-0.2, -0.15) is 0 Å². The van der Waals surface area contributed by atoms with Crippen LogP contribution in [-0.2, 0) is 4.74 Å². The number of carbonyl (C=O) groups excluding carboxylic acids is 1. The summed E-state index contributed by atoms with van der Waals surface area (Å²) >= 11 is 0. The minimum Gasteiger partial charge on any atom is -0.465 e. The molecule has 0 atom stereocenters. The van der Waals surface area contributed by atoms with E-state index in [0.717, 1.165) is 0 Å². The predicted octanol–water partition coefficient (Wildman–Crippen LogP) is 3.30. The van der Waals surface area contributed by atoms with Crippen LogP contribution >= 0.6 is 0 Å². The Bertz CT molecular complexity index is 495. The number of rotatable bonds is 3. The van der Waals surface area contributed by atoms with Crippen molar-refractivity contribution in [1.82, 2.24) is 5.32 Å². The maximum absolute atomic E-state index is 10.7. The van der Waals surface area contributed by atoms with Gasteiger partial charge in [0.05, 0.1) is 0 Å². The molecule has 0 fully saturated rings. The van der Waals surface area contributed by atoms with Gasteiger partial charge in [-0.3, -0.25) is 4.90 Å². The zero-order valence-corrected chi connectivity index (χ0v) is 14.4. The Morgan fingerprint density at radius 2 is 1.74 bits per heavy atom. The van der Waals surface area contributed by atoms with Gasteiger partial charge in [-0.25, -0.2) is 9.59 Å². The van der Waals surface area contributed by atoms with Gasteiger partial charge in [0.1, 0.15) is 5.60 Å². The Hall–Kier alpha value is -2.44. The van der Waals surface area contributed by atoms with Crippen LogP contribution in [0.25, 0.3) is 0 Å². The average Bonchev–Trinajstić information content (AvgIpc) is 2.40. The summed E-state index contributed by atoms with van der Waals surface area (Å²) in [4.78, 5) is 22.7. The first-order chi connectivity index (χ1) is 10.6. The number of carboxylic acid groups (broad SMARTS) is 1. The Morgan fingerprint density at radius 3 is 2.09 bits per heavy atom. The lowest BCUT2D eigenvalue weighted by molar-refractivity contribution is 0.0531. The Labute approximate surface area is 137 Å². The fourth-order valence-electron chi connectivity index (χ4n) is 1.54. The molecule has 7 nitrogen and oxygen atoms in total. The lowest BCUT2D eigenvalue weighted by Crippen LogP contribution is -2.32. The molecule has 0 aromatic heterocycles. The van der Waals surface area contributed by atoms with Crippen molar-refractivity contribution in [1.29, 1.82) is 0 Å². The number of nitrogens with two attached hydrogens (primary N) is 1. The van der Waals surface area contributed by atoms with E-state index in [9.17, 15) is 9.59 Å². The van der Waals surface area contributed by atoms with Crippen molar-refractivity contribution in [2.24, 2.45) is 0 Å². The molecule has 0 aliphatic rings. The molecule has 0 heterocycles. The standard InChI is InChI=1S/C9H12N2O2.C7H15NO2/c1-2-11(9(12)13)8-5-3-7(10)4-6-8;1-5-8-6(9)10-7(2,3)4/h3-6H,2,10H2,1H3,(H,12,13);5H2,1-4H3,(H,8,9). The van der Waals surface area contributed by atoms with Gasteiger partial charge < -0.3 is 20.9 Å². The van der Waals surface area contributed by atoms with Gasteiger partial charge in [0.2, 0.25) is 0 Å². The lowest BCUT2D eigenvalue weighted by Gasteiger charge is -2.19.